The van der Waals surface area contributed by atoms with Crippen LogP contribution in [0.5, 0.6) is 0 Å². The van der Waals surface area contributed by atoms with Gasteiger partial charge in [0, 0.05) is 0 Å². The Morgan fingerprint density at radius 2 is 1.92 bits per heavy atom. The zero-order valence-electron chi connectivity index (χ0n) is 7.90. The summed E-state index contributed by atoms with van der Waals surface area (Å²) < 4.78 is 7.85. The number of carbonyl (C=O) groups is 2. The quantitative estimate of drug-likeness (QED) is 0.208. The molecule has 0 bridgehead atoms. The Labute approximate surface area is 93.0 Å². The van der Waals surface area contributed by atoms with Crippen molar-refractivity contribution in [3.63, 3.8) is 0 Å². The number of hydrogen-bond donors (Lipinski definition) is 2. The van der Waals surface area contributed by atoms with Crippen molar-refractivity contribution in [2.75, 3.05) is 12.5 Å². The van der Waals surface area contributed by atoms with Gasteiger partial charge in [0.15, 0.2) is 0 Å². The van der Waals surface area contributed by atoms with E-state index < -0.39 is 19.3 Å². The average molecular weight is 204 g/mol. The molecule has 0 atom stereocenters. The summed E-state index contributed by atoms with van der Waals surface area (Å²) in [5.41, 5.74) is 0. The van der Waals surface area contributed by atoms with Gasteiger partial charge in [-0.05, 0) is 0 Å². The summed E-state index contributed by atoms with van der Waals surface area (Å²) in [7, 11) is -2.32. The summed E-state index contributed by atoms with van der Waals surface area (Å²) in [4.78, 5) is 20.9. The molecule has 0 aromatic carbocycles. The van der Waals surface area contributed by atoms with Crippen molar-refractivity contribution in [2.45, 2.75) is 0 Å². The van der Waals surface area contributed by atoms with Gasteiger partial charge < -0.3 is 20.9 Å². The van der Waals surface area contributed by atoms with Gasteiger partial charge in [-0.25, -0.2) is 9.59 Å². The Hall–Kier alpha value is -0.188. The fourth-order valence-corrected chi connectivity index (χ4v) is 0.411. The number of rotatable bonds is 3. The summed E-state index contributed by atoms with van der Waals surface area (Å²) in [5, 5.41) is 16.2. The summed E-state index contributed by atoms with van der Waals surface area (Å²) in [6.07, 6.45) is 0. The van der Waals surface area contributed by atoms with Gasteiger partial charge in [-0.3, -0.25) is 0 Å². The van der Waals surface area contributed by atoms with Crippen molar-refractivity contribution < 1.29 is 49.3 Å². The van der Waals surface area contributed by atoms with Gasteiger partial charge in [-0.15, -0.1) is 11.6 Å². The number of carbonyl (C=O) groups excluding carboxylic acids is 2. The van der Waals surface area contributed by atoms with E-state index in [1.807, 2.05) is 0 Å². The molecule has 9 heteroatoms. The van der Waals surface area contributed by atoms with E-state index in [0.717, 1.165) is 0 Å². The Morgan fingerprint density at radius 1 is 1.38 bits per heavy atom. The normalized spacial score (nSPS) is 8.23. The molecular weight excluding hydrogens is 197 g/mol. The monoisotopic (exact) mass is 204 g/mol. The van der Waals surface area contributed by atoms with E-state index >= 15 is 0 Å². The summed E-state index contributed by atoms with van der Waals surface area (Å²) in [6, 6.07) is 0. The summed E-state index contributed by atoms with van der Waals surface area (Å²) >= 11 is 5.13. The molecule has 0 saturated carbocycles. The molecule has 0 saturated heterocycles. The molecule has 0 aromatic rings. The maximum atomic E-state index is 10.5. The largest absolute Gasteiger partial charge is 1.00 e. The van der Waals surface area contributed by atoms with Crippen LogP contribution in [0.25, 0.3) is 0 Å². The van der Waals surface area contributed by atoms with Crippen LogP contribution in [0.1, 0.15) is 1.43 Å². The summed E-state index contributed by atoms with van der Waals surface area (Å²) in [5.74, 6) is -2.75. The Balaban J connectivity index is -0.000000605. The van der Waals surface area contributed by atoms with Crippen LogP contribution >= 0.6 is 11.6 Å². The van der Waals surface area contributed by atoms with Crippen molar-refractivity contribution >= 4 is 30.9 Å². The van der Waals surface area contributed by atoms with Crippen LogP contribution in [0.4, 0.5) is 0 Å². The second-order valence-electron chi connectivity index (χ2n) is 1.56. The second-order valence-corrected chi connectivity index (χ2v) is 1.93. The first-order valence-corrected chi connectivity index (χ1v) is 3.41. The van der Waals surface area contributed by atoms with Crippen molar-refractivity contribution in [1.29, 1.82) is 0 Å². The van der Waals surface area contributed by atoms with Crippen molar-refractivity contribution in [1.82, 2.24) is 0 Å². The summed E-state index contributed by atoms with van der Waals surface area (Å²) in [6.45, 7) is -0.142. The van der Waals surface area contributed by atoms with Crippen LogP contribution < -0.4 is 18.9 Å². The fourth-order valence-electron chi connectivity index (χ4n) is 0.334. The number of alkyl halides is 1. The average Bonchev–Trinajstić information content (AvgIpc) is 1.98. The van der Waals surface area contributed by atoms with E-state index in [2.05, 4.69) is 9.39 Å². The molecule has 70 valence electrons. The van der Waals surface area contributed by atoms with Gasteiger partial charge in [-0.1, -0.05) is 0 Å². The standard InChI is InChI=1S/C4H6BClO6.Li.H/c6-1-2-11-3(7)4(8)12-5(9)10;;/h9-10H,1-2H2;;/q;+1;-1. The molecule has 0 aromatic heterocycles. The third-order valence-corrected chi connectivity index (χ3v) is 0.844. The third-order valence-electron chi connectivity index (χ3n) is 0.689. The topological polar surface area (TPSA) is 93.1 Å². The predicted octanol–water partition coefficient (Wildman–Crippen LogP) is -4.60. The van der Waals surface area contributed by atoms with Gasteiger partial charge in [0.2, 0.25) is 0 Å². The van der Waals surface area contributed by atoms with Gasteiger partial charge in [0.1, 0.15) is 6.61 Å². The Morgan fingerprint density at radius 3 is 2.31 bits per heavy atom. The molecule has 0 aliphatic carbocycles. The first-order chi connectivity index (χ1) is 5.57. The van der Waals surface area contributed by atoms with Crippen molar-refractivity contribution in [3.05, 3.63) is 0 Å². The van der Waals surface area contributed by atoms with Crippen molar-refractivity contribution in [3.8, 4) is 0 Å². The SMILES string of the molecule is O=C(OCCCl)C(=O)OB(O)O.[H-].[Li+]. The zero-order valence-corrected chi connectivity index (χ0v) is 7.65. The van der Waals surface area contributed by atoms with Crippen LogP contribution in [0, 0.1) is 0 Å². The Bertz CT molecular complexity index is 181. The molecular formula is C4H7BClLiO6. The van der Waals surface area contributed by atoms with E-state index in [9.17, 15) is 9.59 Å². The third kappa shape index (κ3) is 8.15. The first kappa shape index (κ1) is 15.3. The van der Waals surface area contributed by atoms with Crippen LogP contribution in [-0.4, -0.2) is 41.8 Å². The minimum atomic E-state index is -2.32. The zero-order chi connectivity index (χ0) is 9.56. The number of halogens is 1. The molecule has 0 spiro atoms. The van der Waals surface area contributed by atoms with Crippen LogP contribution in [0.2, 0.25) is 0 Å². The molecule has 2 N–H and O–H groups in total. The van der Waals surface area contributed by atoms with Crippen LogP contribution in [-0.2, 0) is 19.0 Å². The molecule has 0 amide bonds. The van der Waals surface area contributed by atoms with E-state index in [4.69, 9.17) is 21.6 Å². The van der Waals surface area contributed by atoms with Gasteiger partial charge in [-0.2, -0.15) is 0 Å². The number of ether oxygens (including phenoxy) is 1. The van der Waals surface area contributed by atoms with Crippen LogP contribution in [0.15, 0.2) is 0 Å². The van der Waals surface area contributed by atoms with Crippen molar-refractivity contribution in [2.24, 2.45) is 0 Å². The van der Waals surface area contributed by atoms with Gasteiger partial charge >= 0.3 is 38.1 Å². The minimum Gasteiger partial charge on any atom is -1.00 e. The fraction of sp³-hybridized carbons (Fsp3) is 0.500. The number of hydrogen-bond acceptors (Lipinski definition) is 6. The minimum absolute atomic E-state index is 0. The van der Waals surface area contributed by atoms with E-state index in [0.29, 0.717) is 0 Å². The van der Waals surface area contributed by atoms with Gasteiger partial charge in [0.05, 0.1) is 5.88 Å². The molecule has 0 radical (unpaired) electrons. The maximum absolute atomic E-state index is 10.5. The van der Waals surface area contributed by atoms with Crippen LogP contribution in [0.3, 0.4) is 0 Å². The second kappa shape index (κ2) is 8.41. The first-order valence-electron chi connectivity index (χ1n) is 2.87. The molecule has 0 aliphatic rings. The van der Waals surface area contributed by atoms with E-state index in [-0.39, 0.29) is 32.8 Å². The molecule has 0 aliphatic heterocycles. The van der Waals surface area contributed by atoms with E-state index in [1.54, 1.807) is 0 Å². The smallest absolute Gasteiger partial charge is 1.00 e. The Kier molecular flexibility index (Phi) is 9.90. The maximum Gasteiger partial charge on any atom is 1.00 e. The van der Waals surface area contributed by atoms with Gasteiger partial charge in [0.25, 0.3) is 0 Å². The molecule has 13 heavy (non-hydrogen) atoms. The molecule has 0 fully saturated rings. The number of esters is 1. The molecule has 6 nitrogen and oxygen atoms in total. The van der Waals surface area contributed by atoms with E-state index in [1.165, 1.54) is 0 Å². The molecule has 0 unspecified atom stereocenters. The molecule has 0 rings (SSSR count). The predicted molar refractivity (Wildman–Crippen MR) is 39.1 cm³/mol. The molecule has 0 heterocycles.